The van der Waals surface area contributed by atoms with Gasteiger partial charge in [-0.1, -0.05) is 12.1 Å². The molecule has 0 aliphatic carbocycles. The Morgan fingerprint density at radius 1 is 1.15 bits per heavy atom. The molecule has 0 saturated carbocycles. The van der Waals surface area contributed by atoms with Crippen molar-refractivity contribution in [1.29, 1.82) is 0 Å². The minimum atomic E-state index is -0.227. The van der Waals surface area contributed by atoms with Gasteiger partial charge >= 0.3 is 0 Å². The van der Waals surface area contributed by atoms with Gasteiger partial charge < -0.3 is 20.7 Å². The maximum Gasteiger partial charge on any atom is 0.191 e. The predicted molar refractivity (Wildman–Crippen MR) is 118 cm³/mol. The molecule has 0 unspecified atom stereocenters. The monoisotopic (exact) mass is 482 g/mol. The third-order valence-corrected chi connectivity index (χ3v) is 4.12. The molecule has 0 aliphatic rings. The number of benzene rings is 2. The van der Waals surface area contributed by atoms with Gasteiger partial charge in [-0.25, -0.2) is 9.38 Å². The number of fused-ring (bicyclic) bond motifs is 1. The molecule has 0 radical (unpaired) electrons. The van der Waals surface area contributed by atoms with Crippen LogP contribution in [0.5, 0.6) is 5.75 Å². The number of hydrogen-bond acceptors (Lipinski definition) is 2. The van der Waals surface area contributed by atoms with Crippen molar-refractivity contribution >= 4 is 40.8 Å². The third kappa shape index (κ3) is 5.85. The van der Waals surface area contributed by atoms with E-state index in [1.54, 1.807) is 24.3 Å². The van der Waals surface area contributed by atoms with E-state index in [0.29, 0.717) is 13.1 Å². The number of aromatic hydroxyl groups is 1. The van der Waals surface area contributed by atoms with Crippen molar-refractivity contribution in [1.82, 2.24) is 15.6 Å². The first kappa shape index (κ1) is 21.0. The first-order valence-electron chi connectivity index (χ1n) is 8.71. The molecule has 27 heavy (non-hydrogen) atoms. The van der Waals surface area contributed by atoms with Crippen LogP contribution in [-0.4, -0.2) is 29.1 Å². The van der Waals surface area contributed by atoms with E-state index in [-0.39, 0.29) is 35.5 Å². The average Bonchev–Trinajstić information content (AvgIpc) is 3.03. The highest BCUT2D eigenvalue weighted by Gasteiger charge is 2.05. The Bertz CT molecular complexity index is 893. The van der Waals surface area contributed by atoms with Crippen molar-refractivity contribution in [2.75, 3.05) is 13.1 Å². The number of hydrogen-bond donors (Lipinski definition) is 4. The molecule has 5 nitrogen and oxygen atoms in total. The maximum atomic E-state index is 13.5. The van der Waals surface area contributed by atoms with Crippen LogP contribution < -0.4 is 10.6 Å². The standard InChI is InChI=1S/C20H23FN4O.HI/c1-2-22-20(25-12-14-3-6-17(26)7-4-14)23-10-9-15-13-24-19-8-5-16(21)11-18(15)19;/h3-8,11,13,24,26H,2,9-10,12H2,1H3,(H2,22,23,25);1H. The molecular weight excluding hydrogens is 458 g/mol. The van der Waals surface area contributed by atoms with Crippen LogP contribution in [-0.2, 0) is 13.0 Å². The van der Waals surface area contributed by atoms with E-state index in [0.717, 1.165) is 41.0 Å². The van der Waals surface area contributed by atoms with Gasteiger partial charge in [0.1, 0.15) is 11.6 Å². The summed E-state index contributed by atoms with van der Waals surface area (Å²) in [5.74, 6) is 0.750. The lowest BCUT2D eigenvalue weighted by Gasteiger charge is -2.11. The van der Waals surface area contributed by atoms with Gasteiger partial charge in [0.15, 0.2) is 5.96 Å². The average molecular weight is 482 g/mol. The minimum absolute atomic E-state index is 0. The molecule has 3 aromatic rings. The third-order valence-electron chi connectivity index (χ3n) is 4.12. The number of halogens is 2. The summed E-state index contributed by atoms with van der Waals surface area (Å²) < 4.78 is 13.5. The fourth-order valence-corrected chi connectivity index (χ4v) is 2.79. The molecule has 3 rings (SSSR count). The molecule has 7 heteroatoms. The maximum absolute atomic E-state index is 13.5. The first-order chi connectivity index (χ1) is 12.7. The zero-order valence-corrected chi connectivity index (χ0v) is 17.5. The van der Waals surface area contributed by atoms with Crippen molar-refractivity contribution in [3.63, 3.8) is 0 Å². The van der Waals surface area contributed by atoms with E-state index < -0.39 is 0 Å². The number of nitrogens with zero attached hydrogens (tertiary/aromatic N) is 1. The zero-order valence-electron chi connectivity index (χ0n) is 15.1. The van der Waals surface area contributed by atoms with E-state index in [2.05, 4.69) is 20.6 Å². The van der Waals surface area contributed by atoms with Gasteiger partial charge in [-0.15, -0.1) is 24.0 Å². The fraction of sp³-hybridized carbons (Fsp3) is 0.250. The molecular formula is C20H24FIN4O. The summed E-state index contributed by atoms with van der Waals surface area (Å²) >= 11 is 0. The van der Waals surface area contributed by atoms with Crippen LogP contribution in [0.3, 0.4) is 0 Å². The first-order valence-corrected chi connectivity index (χ1v) is 8.71. The Morgan fingerprint density at radius 3 is 2.67 bits per heavy atom. The quantitative estimate of drug-likeness (QED) is 0.245. The Kier molecular flexibility index (Phi) is 7.90. The number of phenols is 1. The van der Waals surface area contributed by atoms with Gasteiger partial charge in [0, 0.05) is 30.2 Å². The van der Waals surface area contributed by atoms with Crippen molar-refractivity contribution in [2.45, 2.75) is 19.9 Å². The number of rotatable bonds is 6. The molecule has 0 saturated heterocycles. The molecule has 0 bridgehead atoms. The number of phenolic OH excluding ortho intramolecular Hbond substituents is 1. The molecule has 0 amide bonds. The van der Waals surface area contributed by atoms with Crippen LogP contribution in [0.15, 0.2) is 53.7 Å². The largest absolute Gasteiger partial charge is 0.508 e. The number of aliphatic imine (C=N–C) groups is 1. The molecule has 0 atom stereocenters. The highest BCUT2D eigenvalue weighted by atomic mass is 127. The summed E-state index contributed by atoms with van der Waals surface area (Å²) in [6, 6.07) is 11.8. The lowest BCUT2D eigenvalue weighted by atomic mass is 10.1. The normalized spacial score (nSPS) is 11.3. The summed E-state index contributed by atoms with van der Waals surface area (Å²) in [4.78, 5) is 7.72. The second kappa shape index (κ2) is 10.1. The summed E-state index contributed by atoms with van der Waals surface area (Å²) in [5, 5.41) is 16.8. The van der Waals surface area contributed by atoms with E-state index in [1.165, 1.54) is 6.07 Å². The van der Waals surface area contributed by atoms with Crippen LogP contribution in [0.25, 0.3) is 10.9 Å². The van der Waals surface area contributed by atoms with Crippen LogP contribution in [0.4, 0.5) is 4.39 Å². The Hall–Kier alpha value is -2.29. The number of guanidine groups is 1. The summed E-state index contributed by atoms with van der Waals surface area (Å²) in [6.45, 7) is 3.98. The molecule has 0 fully saturated rings. The lowest BCUT2D eigenvalue weighted by Crippen LogP contribution is -2.38. The molecule has 4 N–H and O–H groups in total. The molecule has 144 valence electrons. The van der Waals surface area contributed by atoms with Crippen LogP contribution >= 0.6 is 24.0 Å². The minimum Gasteiger partial charge on any atom is -0.508 e. The number of H-pyrrole nitrogens is 1. The SMILES string of the molecule is CCNC(=NCc1ccc(O)cc1)NCCc1c[nH]c2ccc(F)cc12.I. The molecule has 1 aromatic heterocycles. The molecule has 1 heterocycles. The summed E-state index contributed by atoms with van der Waals surface area (Å²) in [7, 11) is 0. The Labute approximate surface area is 175 Å². The smallest absolute Gasteiger partial charge is 0.191 e. The van der Waals surface area contributed by atoms with Gasteiger partial charge in [0.05, 0.1) is 6.54 Å². The number of aromatic nitrogens is 1. The Morgan fingerprint density at radius 2 is 1.93 bits per heavy atom. The predicted octanol–water partition coefficient (Wildman–Crippen LogP) is 3.93. The molecule has 2 aromatic carbocycles. The van der Waals surface area contributed by atoms with Gasteiger partial charge in [-0.2, -0.15) is 0 Å². The van der Waals surface area contributed by atoms with E-state index in [9.17, 15) is 9.50 Å². The van der Waals surface area contributed by atoms with Crippen LogP contribution in [0, 0.1) is 5.82 Å². The number of aromatic amines is 1. The Balaban J connectivity index is 0.00000261. The van der Waals surface area contributed by atoms with Crippen molar-refractivity contribution < 1.29 is 9.50 Å². The summed E-state index contributed by atoms with van der Waals surface area (Å²) in [6.07, 6.45) is 2.68. The summed E-state index contributed by atoms with van der Waals surface area (Å²) in [5.41, 5.74) is 3.03. The highest BCUT2D eigenvalue weighted by Crippen LogP contribution is 2.19. The molecule has 0 spiro atoms. The number of nitrogens with one attached hydrogen (secondary N) is 3. The fourth-order valence-electron chi connectivity index (χ4n) is 2.79. The van der Waals surface area contributed by atoms with Crippen LogP contribution in [0.1, 0.15) is 18.1 Å². The van der Waals surface area contributed by atoms with E-state index in [1.807, 2.05) is 25.3 Å². The van der Waals surface area contributed by atoms with Crippen molar-refractivity contribution in [3.05, 3.63) is 65.6 Å². The van der Waals surface area contributed by atoms with E-state index in [4.69, 9.17) is 0 Å². The second-order valence-corrected chi connectivity index (χ2v) is 6.04. The van der Waals surface area contributed by atoms with Gasteiger partial charge in [-0.05, 0) is 54.8 Å². The van der Waals surface area contributed by atoms with Gasteiger partial charge in [0.2, 0.25) is 0 Å². The van der Waals surface area contributed by atoms with Gasteiger partial charge in [0.25, 0.3) is 0 Å². The topological polar surface area (TPSA) is 72.4 Å². The van der Waals surface area contributed by atoms with Crippen LogP contribution in [0.2, 0.25) is 0 Å². The zero-order chi connectivity index (χ0) is 18.4. The van der Waals surface area contributed by atoms with Gasteiger partial charge in [-0.3, -0.25) is 0 Å². The van der Waals surface area contributed by atoms with Crippen molar-refractivity contribution in [2.24, 2.45) is 4.99 Å². The van der Waals surface area contributed by atoms with Crippen molar-refractivity contribution in [3.8, 4) is 5.75 Å². The lowest BCUT2D eigenvalue weighted by molar-refractivity contribution is 0.475. The second-order valence-electron chi connectivity index (χ2n) is 6.04. The molecule has 0 aliphatic heterocycles. The van der Waals surface area contributed by atoms with E-state index >= 15 is 0 Å². The highest BCUT2D eigenvalue weighted by molar-refractivity contribution is 14.0.